The van der Waals surface area contributed by atoms with Gasteiger partial charge in [0.05, 0.1) is 16.7 Å². The number of nitrogens with zero attached hydrogens (tertiary/aromatic N) is 3. The zero-order valence-corrected chi connectivity index (χ0v) is 12.1. The Hall–Kier alpha value is -3.02. The molecular weight excluding hydrogens is 282 g/mol. The highest BCUT2D eigenvalue weighted by atomic mass is 16.6. The number of fused-ring (bicyclic) bond motifs is 1. The first-order valence-corrected chi connectivity index (χ1v) is 6.69. The summed E-state index contributed by atoms with van der Waals surface area (Å²) in [5, 5.41) is 11.6. The summed E-state index contributed by atoms with van der Waals surface area (Å²) in [6.45, 7) is 3.91. The van der Waals surface area contributed by atoms with Crippen LogP contribution < -0.4 is 0 Å². The topological polar surface area (TPSA) is 82.1 Å². The molecule has 1 aromatic carbocycles. The monoisotopic (exact) mass is 295 g/mol. The molecule has 110 valence electrons. The summed E-state index contributed by atoms with van der Waals surface area (Å²) < 4.78 is 5.41. The molecule has 0 aliphatic carbocycles. The van der Waals surface area contributed by atoms with Crippen LogP contribution in [0.2, 0.25) is 0 Å². The normalized spacial score (nSPS) is 10.6. The van der Waals surface area contributed by atoms with E-state index in [1.54, 1.807) is 24.5 Å². The molecule has 0 aliphatic rings. The highest BCUT2D eigenvalue weighted by Crippen LogP contribution is 2.29. The fourth-order valence-corrected chi connectivity index (χ4v) is 2.17. The third kappa shape index (κ3) is 2.58. The van der Waals surface area contributed by atoms with Gasteiger partial charge in [0, 0.05) is 17.5 Å². The second-order valence-corrected chi connectivity index (χ2v) is 5.09. The summed E-state index contributed by atoms with van der Waals surface area (Å²) in [7, 11) is 0. The number of allylic oxidation sites excluding steroid dienone is 1. The molecule has 0 spiro atoms. The lowest BCUT2D eigenvalue weighted by atomic mass is 10.1. The Morgan fingerprint density at radius 3 is 2.73 bits per heavy atom. The summed E-state index contributed by atoms with van der Waals surface area (Å²) in [5.41, 5.74) is 2.25. The van der Waals surface area contributed by atoms with Crippen molar-refractivity contribution in [3.05, 3.63) is 58.1 Å². The zero-order valence-electron chi connectivity index (χ0n) is 12.1. The molecule has 6 heteroatoms. The lowest BCUT2D eigenvalue weighted by molar-refractivity contribution is -0.384. The van der Waals surface area contributed by atoms with Crippen LogP contribution in [0.1, 0.15) is 19.7 Å². The Balaban J connectivity index is 2.33. The largest absolute Gasteiger partial charge is 0.463 e. The van der Waals surface area contributed by atoms with E-state index in [2.05, 4.69) is 9.97 Å². The maximum atomic E-state index is 11.0. The molecule has 0 saturated heterocycles. The van der Waals surface area contributed by atoms with Crippen molar-refractivity contribution in [1.29, 1.82) is 0 Å². The van der Waals surface area contributed by atoms with Crippen molar-refractivity contribution < 1.29 is 9.34 Å². The number of nitro benzene ring substituents is 1. The Morgan fingerprint density at radius 2 is 2.09 bits per heavy atom. The molecule has 0 amide bonds. The second kappa shape index (κ2) is 5.40. The highest BCUT2D eigenvalue weighted by molar-refractivity contribution is 5.93. The van der Waals surface area contributed by atoms with Crippen LogP contribution in [0.4, 0.5) is 5.69 Å². The number of furan rings is 1. The van der Waals surface area contributed by atoms with Crippen LogP contribution >= 0.6 is 0 Å². The molecule has 0 aliphatic heterocycles. The molecular formula is C16H13N3O3. The Bertz CT molecular complexity index is 879. The first-order valence-electron chi connectivity index (χ1n) is 6.69. The lowest BCUT2D eigenvalue weighted by Gasteiger charge is -2.05. The zero-order chi connectivity index (χ0) is 15.7. The molecule has 0 atom stereocenters. The first-order chi connectivity index (χ1) is 10.5. The summed E-state index contributed by atoms with van der Waals surface area (Å²) >= 11 is 0. The third-order valence-electron chi connectivity index (χ3n) is 3.08. The van der Waals surface area contributed by atoms with Crippen molar-refractivity contribution in [3.63, 3.8) is 0 Å². The van der Waals surface area contributed by atoms with Gasteiger partial charge in [-0.1, -0.05) is 5.57 Å². The van der Waals surface area contributed by atoms with Crippen LogP contribution in [0.3, 0.4) is 0 Å². The minimum absolute atomic E-state index is 0.00105. The number of hydrogen-bond donors (Lipinski definition) is 0. The molecule has 2 heterocycles. The fraction of sp³-hybridized carbons (Fsp3) is 0.125. The SMILES string of the molecule is CC(C)=Cc1nc(-c2ccco2)c2cc([N+](=O)[O-])ccc2n1. The van der Waals surface area contributed by atoms with E-state index in [0.29, 0.717) is 28.2 Å². The number of hydrogen-bond acceptors (Lipinski definition) is 5. The number of aromatic nitrogens is 2. The quantitative estimate of drug-likeness (QED) is 0.533. The average Bonchev–Trinajstić information content (AvgIpc) is 2.99. The van der Waals surface area contributed by atoms with E-state index in [4.69, 9.17) is 4.42 Å². The summed E-state index contributed by atoms with van der Waals surface area (Å²) in [4.78, 5) is 19.5. The van der Waals surface area contributed by atoms with E-state index < -0.39 is 4.92 Å². The molecule has 0 bridgehead atoms. The van der Waals surface area contributed by atoms with E-state index in [1.807, 2.05) is 19.9 Å². The van der Waals surface area contributed by atoms with Crippen LogP contribution in [-0.4, -0.2) is 14.9 Å². The Morgan fingerprint density at radius 1 is 1.27 bits per heavy atom. The lowest BCUT2D eigenvalue weighted by Crippen LogP contribution is -1.96. The Labute approximate surface area is 126 Å². The van der Waals surface area contributed by atoms with Crippen molar-refractivity contribution in [2.45, 2.75) is 13.8 Å². The van der Waals surface area contributed by atoms with Gasteiger partial charge in [0.25, 0.3) is 5.69 Å². The van der Waals surface area contributed by atoms with Crippen molar-refractivity contribution in [1.82, 2.24) is 9.97 Å². The fourth-order valence-electron chi connectivity index (χ4n) is 2.17. The van der Waals surface area contributed by atoms with E-state index in [0.717, 1.165) is 5.57 Å². The first kappa shape index (κ1) is 13.9. The van der Waals surface area contributed by atoms with Crippen molar-refractivity contribution >= 4 is 22.7 Å². The van der Waals surface area contributed by atoms with Crippen LogP contribution in [0.15, 0.2) is 46.6 Å². The maximum absolute atomic E-state index is 11.0. The van der Waals surface area contributed by atoms with Gasteiger partial charge < -0.3 is 4.42 Å². The minimum Gasteiger partial charge on any atom is -0.463 e. The van der Waals surface area contributed by atoms with Crippen LogP contribution in [0, 0.1) is 10.1 Å². The molecule has 3 rings (SSSR count). The van der Waals surface area contributed by atoms with E-state index in [9.17, 15) is 10.1 Å². The average molecular weight is 295 g/mol. The molecule has 2 aromatic heterocycles. The standard InChI is InChI=1S/C16H13N3O3/c1-10(2)8-15-17-13-6-5-11(19(20)21)9-12(13)16(18-15)14-4-3-7-22-14/h3-9H,1-2H3. The Kier molecular flexibility index (Phi) is 3.42. The van der Waals surface area contributed by atoms with Crippen LogP contribution in [0.25, 0.3) is 28.4 Å². The maximum Gasteiger partial charge on any atom is 0.270 e. The van der Waals surface area contributed by atoms with Gasteiger partial charge in [0.2, 0.25) is 0 Å². The van der Waals surface area contributed by atoms with Gasteiger partial charge in [-0.25, -0.2) is 9.97 Å². The number of rotatable bonds is 3. The molecule has 0 unspecified atom stereocenters. The number of non-ortho nitro benzene ring substituents is 1. The van der Waals surface area contributed by atoms with Crippen LogP contribution in [-0.2, 0) is 0 Å². The summed E-state index contributed by atoms with van der Waals surface area (Å²) in [5.74, 6) is 1.10. The number of nitro groups is 1. The number of benzene rings is 1. The molecule has 0 fully saturated rings. The van der Waals surface area contributed by atoms with Gasteiger partial charge in [-0.2, -0.15) is 0 Å². The third-order valence-corrected chi connectivity index (χ3v) is 3.08. The van der Waals surface area contributed by atoms with Crippen molar-refractivity contribution in [3.8, 4) is 11.5 Å². The highest BCUT2D eigenvalue weighted by Gasteiger charge is 2.15. The predicted molar refractivity (Wildman–Crippen MR) is 83.2 cm³/mol. The molecule has 0 saturated carbocycles. The molecule has 0 radical (unpaired) electrons. The summed E-state index contributed by atoms with van der Waals surface area (Å²) in [6, 6.07) is 8.06. The van der Waals surface area contributed by atoms with Gasteiger partial charge in [0.1, 0.15) is 5.69 Å². The van der Waals surface area contributed by atoms with Gasteiger partial charge in [0.15, 0.2) is 11.6 Å². The predicted octanol–water partition coefficient (Wildman–Crippen LogP) is 4.22. The van der Waals surface area contributed by atoms with Gasteiger partial charge >= 0.3 is 0 Å². The van der Waals surface area contributed by atoms with Gasteiger partial charge in [-0.15, -0.1) is 0 Å². The van der Waals surface area contributed by atoms with Crippen molar-refractivity contribution in [2.24, 2.45) is 0 Å². The van der Waals surface area contributed by atoms with Gasteiger partial charge in [-0.05, 0) is 38.1 Å². The molecule has 0 N–H and O–H groups in total. The minimum atomic E-state index is -0.435. The molecule has 6 nitrogen and oxygen atoms in total. The second-order valence-electron chi connectivity index (χ2n) is 5.09. The van der Waals surface area contributed by atoms with Crippen LogP contribution in [0.5, 0.6) is 0 Å². The molecule has 22 heavy (non-hydrogen) atoms. The summed E-state index contributed by atoms with van der Waals surface area (Å²) in [6.07, 6.45) is 3.40. The van der Waals surface area contributed by atoms with E-state index >= 15 is 0 Å². The van der Waals surface area contributed by atoms with Crippen molar-refractivity contribution in [2.75, 3.05) is 0 Å². The molecule has 3 aromatic rings. The van der Waals surface area contributed by atoms with E-state index in [1.165, 1.54) is 12.1 Å². The van der Waals surface area contributed by atoms with E-state index in [-0.39, 0.29) is 5.69 Å². The van der Waals surface area contributed by atoms with Gasteiger partial charge in [-0.3, -0.25) is 10.1 Å². The smallest absolute Gasteiger partial charge is 0.270 e.